The normalized spacial score (nSPS) is 31.2. The number of phenolic OH excluding ortho intramolecular Hbond substituents is 1. The Morgan fingerprint density at radius 3 is 2.35 bits per heavy atom. The van der Waals surface area contributed by atoms with E-state index in [0.717, 1.165) is 25.7 Å². The van der Waals surface area contributed by atoms with E-state index in [1.165, 1.54) is 31.7 Å². The maximum atomic E-state index is 14.0. The van der Waals surface area contributed by atoms with E-state index in [1.807, 2.05) is 13.0 Å². The van der Waals surface area contributed by atoms with Gasteiger partial charge in [0.2, 0.25) is 11.7 Å². The highest BCUT2D eigenvalue weighted by molar-refractivity contribution is 5.94. The molecule has 4 unspecified atom stereocenters. The number of benzene rings is 1. The van der Waals surface area contributed by atoms with Gasteiger partial charge in [-0.2, -0.15) is 0 Å². The van der Waals surface area contributed by atoms with Crippen molar-refractivity contribution in [3.63, 3.8) is 0 Å². The number of esters is 3. The summed E-state index contributed by atoms with van der Waals surface area (Å²) in [7, 11) is 1.20. The fourth-order valence-corrected chi connectivity index (χ4v) is 9.51. The molecular weight excluding hydrogens is 618 g/mol. The van der Waals surface area contributed by atoms with Gasteiger partial charge in [-0.05, 0) is 91.9 Å². The van der Waals surface area contributed by atoms with E-state index >= 15 is 0 Å². The van der Waals surface area contributed by atoms with E-state index in [1.54, 1.807) is 12.1 Å². The number of carbonyl (C=O) groups is 6. The molecule has 1 aromatic carbocycles. The molecule has 0 saturated heterocycles. The number of fused-ring (bicyclic) bond motifs is 5. The van der Waals surface area contributed by atoms with E-state index in [2.05, 4.69) is 12.2 Å². The molecule has 0 bridgehead atoms. The van der Waals surface area contributed by atoms with Crippen molar-refractivity contribution in [2.24, 2.45) is 28.6 Å². The van der Waals surface area contributed by atoms with Crippen molar-refractivity contribution in [1.29, 1.82) is 0 Å². The molecular formula is C37H47NO10. The molecule has 4 aliphatic rings. The fourth-order valence-electron chi connectivity index (χ4n) is 9.51. The van der Waals surface area contributed by atoms with Crippen molar-refractivity contribution < 1.29 is 48.1 Å². The SMILES string of the molecule is COC(=O)C(Cc1ccc(O)cc1)NC(=O)CCC(=O)OCC(=O)[C@@]1(OC(C)=O)CCC2C3CCC4=CC(=O)CC[C@]4(C)C3CC[C@@]21C. The molecule has 0 spiro atoms. The molecule has 0 aliphatic heterocycles. The summed E-state index contributed by atoms with van der Waals surface area (Å²) in [5.74, 6) is -1.90. The Hall–Kier alpha value is -4.02. The fraction of sp³-hybridized carbons (Fsp3) is 0.622. The third kappa shape index (κ3) is 6.65. The van der Waals surface area contributed by atoms with Crippen molar-refractivity contribution in [2.45, 2.75) is 103 Å². The lowest BCUT2D eigenvalue weighted by molar-refractivity contribution is -0.191. The summed E-state index contributed by atoms with van der Waals surface area (Å²) in [4.78, 5) is 76.4. The zero-order valence-corrected chi connectivity index (χ0v) is 28.3. The Morgan fingerprint density at radius 2 is 1.67 bits per heavy atom. The molecule has 11 nitrogen and oxygen atoms in total. The van der Waals surface area contributed by atoms with Crippen LogP contribution in [0.2, 0.25) is 0 Å². The number of ketones is 2. The monoisotopic (exact) mass is 665 g/mol. The summed E-state index contributed by atoms with van der Waals surface area (Å²) in [6.45, 7) is 5.04. The van der Waals surface area contributed by atoms with Crippen LogP contribution in [0, 0.1) is 28.6 Å². The van der Waals surface area contributed by atoms with E-state index < -0.39 is 53.3 Å². The minimum absolute atomic E-state index is 0.0426. The highest BCUT2D eigenvalue weighted by Crippen LogP contribution is 2.68. The van der Waals surface area contributed by atoms with Crippen LogP contribution in [0.15, 0.2) is 35.9 Å². The van der Waals surface area contributed by atoms with Crippen molar-refractivity contribution in [2.75, 3.05) is 13.7 Å². The van der Waals surface area contributed by atoms with Gasteiger partial charge >= 0.3 is 17.9 Å². The summed E-state index contributed by atoms with van der Waals surface area (Å²) in [5, 5.41) is 12.1. The number of aromatic hydroxyl groups is 1. The zero-order chi connectivity index (χ0) is 34.9. The van der Waals surface area contributed by atoms with Gasteiger partial charge in [-0.3, -0.25) is 24.0 Å². The topological polar surface area (TPSA) is 162 Å². The molecule has 0 radical (unpaired) electrons. The number of allylic oxidation sites excluding steroid dienone is 1. The Kier molecular flexibility index (Phi) is 10.2. The number of methoxy groups -OCH3 is 1. The first-order chi connectivity index (χ1) is 22.7. The minimum Gasteiger partial charge on any atom is -0.508 e. The first-order valence-electron chi connectivity index (χ1n) is 17.0. The molecule has 3 saturated carbocycles. The number of Topliss-reactive ketones (excluding diaryl/α,β-unsaturated/α-hetero) is 1. The molecule has 5 rings (SSSR count). The van der Waals surface area contributed by atoms with Crippen LogP contribution >= 0.6 is 0 Å². The van der Waals surface area contributed by atoms with Crippen LogP contribution in [0.3, 0.4) is 0 Å². The first-order valence-corrected chi connectivity index (χ1v) is 17.0. The minimum atomic E-state index is -1.42. The van der Waals surface area contributed by atoms with Crippen molar-refractivity contribution >= 4 is 35.4 Å². The molecule has 260 valence electrons. The number of hydrogen-bond acceptors (Lipinski definition) is 10. The van der Waals surface area contributed by atoms with Crippen molar-refractivity contribution in [3.05, 3.63) is 41.5 Å². The van der Waals surface area contributed by atoms with Gasteiger partial charge in [-0.1, -0.05) is 31.6 Å². The molecule has 7 atom stereocenters. The van der Waals surface area contributed by atoms with Crippen LogP contribution in [-0.4, -0.2) is 65.8 Å². The van der Waals surface area contributed by atoms with Gasteiger partial charge in [0.05, 0.1) is 13.5 Å². The number of carbonyl (C=O) groups excluding carboxylic acids is 6. The third-order valence-electron chi connectivity index (χ3n) is 12.0. The van der Waals surface area contributed by atoms with E-state index in [-0.39, 0.29) is 42.1 Å². The molecule has 4 aliphatic carbocycles. The lowest BCUT2D eigenvalue weighted by atomic mass is 9.46. The van der Waals surface area contributed by atoms with Crippen molar-refractivity contribution in [1.82, 2.24) is 5.32 Å². The predicted octanol–water partition coefficient (Wildman–Crippen LogP) is 4.32. The average Bonchev–Trinajstić information content (AvgIpc) is 3.35. The summed E-state index contributed by atoms with van der Waals surface area (Å²) < 4.78 is 16.1. The number of ether oxygens (including phenoxy) is 3. The Labute approximate surface area is 281 Å². The van der Waals surface area contributed by atoms with Gasteiger partial charge in [-0.15, -0.1) is 0 Å². The number of phenols is 1. The van der Waals surface area contributed by atoms with Crippen LogP contribution in [0.1, 0.15) is 90.5 Å². The highest BCUT2D eigenvalue weighted by atomic mass is 16.6. The third-order valence-corrected chi connectivity index (χ3v) is 12.0. The number of rotatable bonds is 11. The molecule has 1 amide bonds. The maximum Gasteiger partial charge on any atom is 0.328 e. The molecule has 11 heteroatoms. The molecule has 0 aromatic heterocycles. The van der Waals surface area contributed by atoms with E-state index in [0.29, 0.717) is 43.1 Å². The van der Waals surface area contributed by atoms with Crippen LogP contribution in [-0.2, 0) is 49.4 Å². The van der Waals surface area contributed by atoms with E-state index in [4.69, 9.17) is 14.2 Å². The van der Waals surface area contributed by atoms with Crippen LogP contribution in [0.5, 0.6) is 5.75 Å². The van der Waals surface area contributed by atoms with Gasteiger partial charge in [0.15, 0.2) is 18.0 Å². The summed E-state index contributed by atoms with van der Waals surface area (Å²) in [5.41, 5.74) is -0.162. The molecule has 48 heavy (non-hydrogen) atoms. The Bertz CT molecular complexity index is 1500. The summed E-state index contributed by atoms with van der Waals surface area (Å²) >= 11 is 0. The van der Waals surface area contributed by atoms with Crippen LogP contribution < -0.4 is 5.32 Å². The van der Waals surface area contributed by atoms with Gasteiger partial charge < -0.3 is 24.6 Å². The van der Waals surface area contributed by atoms with E-state index in [9.17, 15) is 33.9 Å². The summed E-state index contributed by atoms with van der Waals surface area (Å²) in [6.07, 6.45) is 7.14. The number of nitrogens with one attached hydrogen (secondary N) is 1. The predicted molar refractivity (Wildman–Crippen MR) is 172 cm³/mol. The molecule has 3 fully saturated rings. The Morgan fingerprint density at radius 1 is 0.958 bits per heavy atom. The van der Waals surface area contributed by atoms with Crippen molar-refractivity contribution in [3.8, 4) is 5.75 Å². The Balaban J connectivity index is 1.20. The molecule has 2 N–H and O–H groups in total. The highest BCUT2D eigenvalue weighted by Gasteiger charge is 2.68. The van der Waals surface area contributed by atoms with Gasteiger partial charge in [0.25, 0.3) is 0 Å². The van der Waals surface area contributed by atoms with Crippen LogP contribution in [0.25, 0.3) is 0 Å². The lowest BCUT2D eigenvalue weighted by Crippen LogP contribution is -2.59. The maximum absolute atomic E-state index is 14.0. The van der Waals surface area contributed by atoms with Gasteiger partial charge in [0.1, 0.15) is 11.8 Å². The summed E-state index contributed by atoms with van der Waals surface area (Å²) in [6, 6.07) is 5.17. The number of hydrogen-bond donors (Lipinski definition) is 2. The van der Waals surface area contributed by atoms with Gasteiger partial charge in [0, 0.05) is 31.6 Å². The average molecular weight is 666 g/mol. The number of amides is 1. The zero-order valence-electron chi connectivity index (χ0n) is 28.3. The quantitative estimate of drug-likeness (QED) is 0.257. The molecule has 0 heterocycles. The second-order valence-corrected chi connectivity index (χ2v) is 14.5. The first kappa shape index (κ1) is 35.3. The molecule has 1 aromatic rings. The lowest BCUT2D eigenvalue weighted by Gasteiger charge is -2.59. The standard InChI is InChI=1S/C37H47NO10/c1-22(39)48-37(18-15-29-27-10-7-24-20-26(41)13-16-35(24,2)28(27)14-17-36(29,37)3)31(42)21-47-33(44)12-11-32(43)38-30(34(45)46-4)19-23-5-8-25(40)9-6-23/h5-6,8-9,20,27-30,40H,7,10-19,21H2,1-4H3,(H,38,43)/t27?,28?,29?,30?,35-,36-,37-/m0/s1. The second kappa shape index (κ2) is 13.8. The van der Waals surface area contributed by atoms with Gasteiger partial charge in [-0.25, -0.2) is 4.79 Å². The largest absolute Gasteiger partial charge is 0.508 e. The second-order valence-electron chi connectivity index (χ2n) is 14.5. The smallest absolute Gasteiger partial charge is 0.328 e. The van der Waals surface area contributed by atoms with Crippen LogP contribution in [0.4, 0.5) is 0 Å².